The van der Waals surface area contributed by atoms with Gasteiger partial charge in [0, 0.05) is 20.1 Å². The van der Waals surface area contributed by atoms with Crippen molar-refractivity contribution in [3.8, 4) is 5.75 Å². The number of methoxy groups -OCH3 is 2. The number of benzene rings is 1. The van der Waals surface area contributed by atoms with Gasteiger partial charge in [-0.25, -0.2) is 5.06 Å². The Hall–Kier alpha value is -1.63. The van der Waals surface area contributed by atoms with Crippen LogP contribution in [0, 0.1) is 23.7 Å². The highest BCUT2D eigenvalue weighted by molar-refractivity contribution is 5.77. The van der Waals surface area contributed by atoms with Crippen LogP contribution in [0.3, 0.4) is 0 Å². The molecule has 1 aromatic carbocycles. The minimum Gasteiger partial charge on any atom is -0.497 e. The second-order valence-corrected chi connectivity index (χ2v) is 7.97. The monoisotopic (exact) mass is 409 g/mol. The van der Waals surface area contributed by atoms with Crippen LogP contribution in [0.25, 0.3) is 0 Å². The maximum absolute atomic E-state index is 12.4. The van der Waals surface area contributed by atoms with Gasteiger partial charge in [0.1, 0.15) is 5.75 Å². The van der Waals surface area contributed by atoms with Crippen molar-refractivity contribution in [3.05, 3.63) is 29.8 Å². The van der Waals surface area contributed by atoms with Crippen molar-refractivity contribution < 1.29 is 23.8 Å². The quantitative estimate of drug-likeness (QED) is 0.458. The van der Waals surface area contributed by atoms with Gasteiger partial charge in [0.05, 0.1) is 33.5 Å². The predicted molar refractivity (Wildman–Crippen MR) is 114 cm³/mol. The predicted octanol–water partition coefficient (Wildman–Crippen LogP) is 4.18. The molecule has 6 heteroatoms. The summed E-state index contributed by atoms with van der Waals surface area (Å²) in [5.74, 6) is 1.68. The molecule has 0 aliphatic rings. The second kappa shape index (κ2) is 12.8. The summed E-state index contributed by atoms with van der Waals surface area (Å²) in [6.07, 6.45) is 0.871. The first-order valence-corrected chi connectivity index (χ1v) is 10.3. The van der Waals surface area contributed by atoms with Crippen LogP contribution in [0.15, 0.2) is 24.3 Å². The lowest BCUT2D eigenvalue weighted by atomic mass is 9.76. The van der Waals surface area contributed by atoms with E-state index < -0.39 is 0 Å². The van der Waals surface area contributed by atoms with Crippen molar-refractivity contribution in [3.63, 3.8) is 0 Å². The minimum atomic E-state index is -0.113. The lowest BCUT2D eigenvalue weighted by Gasteiger charge is -2.33. The van der Waals surface area contributed by atoms with Gasteiger partial charge in [-0.05, 0) is 41.9 Å². The number of carbonyl (C=O) groups excluding carboxylic acids is 1. The van der Waals surface area contributed by atoms with E-state index in [2.05, 4.69) is 20.8 Å². The standard InChI is InChI=1S/C23H39NO5/c1-16(17(2)18(3)19(4)23(25)24(5)28-8)13-22(15-26-6)29-14-20-9-11-21(27-7)12-10-20/h9-12,16-19,22H,13-15H2,1-8H3. The first-order chi connectivity index (χ1) is 13.7. The van der Waals surface area contributed by atoms with Crippen LogP contribution >= 0.6 is 0 Å². The van der Waals surface area contributed by atoms with Gasteiger partial charge in [-0.3, -0.25) is 9.63 Å². The Bertz CT molecular complexity index is 591. The lowest BCUT2D eigenvalue weighted by molar-refractivity contribution is -0.175. The summed E-state index contributed by atoms with van der Waals surface area (Å²) >= 11 is 0. The highest BCUT2D eigenvalue weighted by Gasteiger charge is 2.31. The molecule has 1 aromatic rings. The van der Waals surface area contributed by atoms with Crippen LogP contribution in [-0.2, 0) is 25.7 Å². The molecule has 0 N–H and O–H groups in total. The zero-order valence-corrected chi connectivity index (χ0v) is 19.3. The number of hydroxylamine groups is 2. The third kappa shape index (κ3) is 7.96. The van der Waals surface area contributed by atoms with E-state index in [-0.39, 0.29) is 23.8 Å². The van der Waals surface area contributed by atoms with Crippen molar-refractivity contribution in [2.75, 3.05) is 35.0 Å². The van der Waals surface area contributed by atoms with Crippen LogP contribution in [0.5, 0.6) is 5.75 Å². The zero-order valence-electron chi connectivity index (χ0n) is 19.3. The molecule has 0 spiro atoms. The molecule has 166 valence electrons. The van der Waals surface area contributed by atoms with E-state index in [1.165, 1.54) is 12.2 Å². The third-order valence-electron chi connectivity index (χ3n) is 6.12. The van der Waals surface area contributed by atoms with Gasteiger partial charge in [-0.1, -0.05) is 39.8 Å². The summed E-state index contributed by atoms with van der Waals surface area (Å²) < 4.78 is 16.7. The molecule has 0 fully saturated rings. The van der Waals surface area contributed by atoms with Crippen molar-refractivity contribution in [2.24, 2.45) is 23.7 Å². The molecule has 1 rings (SSSR count). The topological polar surface area (TPSA) is 57.2 Å². The van der Waals surface area contributed by atoms with Crippen LogP contribution in [-0.4, -0.2) is 52.1 Å². The van der Waals surface area contributed by atoms with Crippen LogP contribution in [0.1, 0.15) is 39.7 Å². The lowest BCUT2D eigenvalue weighted by Crippen LogP contribution is -2.37. The van der Waals surface area contributed by atoms with Gasteiger partial charge in [0.15, 0.2) is 0 Å². The number of nitrogens with zero attached hydrogens (tertiary/aromatic N) is 1. The maximum Gasteiger partial charge on any atom is 0.248 e. The largest absolute Gasteiger partial charge is 0.497 e. The Kier molecular flexibility index (Phi) is 11.2. The molecule has 0 aliphatic heterocycles. The molecule has 6 nitrogen and oxygen atoms in total. The third-order valence-corrected chi connectivity index (χ3v) is 6.12. The van der Waals surface area contributed by atoms with Gasteiger partial charge < -0.3 is 14.2 Å². The van der Waals surface area contributed by atoms with Crippen LogP contribution in [0.4, 0.5) is 0 Å². The molecular weight excluding hydrogens is 370 g/mol. The van der Waals surface area contributed by atoms with Gasteiger partial charge in [0.25, 0.3) is 0 Å². The Balaban J connectivity index is 2.64. The van der Waals surface area contributed by atoms with Crippen LogP contribution in [0.2, 0.25) is 0 Å². The van der Waals surface area contributed by atoms with E-state index >= 15 is 0 Å². The molecule has 1 amide bonds. The fraction of sp³-hybridized carbons (Fsp3) is 0.696. The fourth-order valence-corrected chi connectivity index (χ4v) is 3.51. The second-order valence-electron chi connectivity index (χ2n) is 7.97. The van der Waals surface area contributed by atoms with E-state index in [0.29, 0.717) is 25.0 Å². The van der Waals surface area contributed by atoms with E-state index in [1.807, 2.05) is 31.2 Å². The van der Waals surface area contributed by atoms with Crippen LogP contribution < -0.4 is 4.74 Å². The Morgan fingerprint density at radius 3 is 2.14 bits per heavy atom. The van der Waals surface area contributed by atoms with Gasteiger partial charge in [-0.15, -0.1) is 0 Å². The van der Waals surface area contributed by atoms with Gasteiger partial charge in [-0.2, -0.15) is 0 Å². The van der Waals surface area contributed by atoms with E-state index in [1.54, 1.807) is 21.3 Å². The molecule has 29 heavy (non-hydrogen) atoms. The summed E-state index contributed by atoms with van der Waals surface area (Å²) in [6, 6.07) is 7.89. The van der Waals surface area contributed by atoms with E-state index in [0.717, 1.165) is 17.7 Å². The van der Waals surface area contributed by atoms with Crippen molar-refractivity contribution in [2.45, 2.75) is 46.8 Å². The first-order valence-electron chi connectivity index (χ1n) is 10.3. The summed E-state index contributed by atoms with van der Waals surface area (Å²) in [7, 11) is 6.52. The summed E-state index contributed by atoms with van der Waals surface area (Å²) in [5.41, 5.74) is 1.10. The van der Waals surface area contributed by atoms with Crippen molar-refractivity contribution in [1.82, 2.24) is 5.06 Å². The van der Waals surface area contributed by atoms with Crippen molar-refractivity contribution >= 4 is 5.91 Å². The molecule has 0 heterocycles. The molecule has 0 radical (unpaired) electrons. The summed E-state index contributed by atoms with van der Waals surface area (Å²) in [6.45, 7) is 9.61. The Morgan fingerprint density at radius 2 is 1.62 bits per heavy atom. The van der Waals surface area contributed by atoms with E-state index in [4.69, 9.17) is 19.0 Å². The molecule has 0 saturated carbocycles. The average molecular weight is 410 g/mol. The first kappa shape index (κ1) is 25.4. The number of hydrogen-bond donors (Lipinski definition) is 0. The molecule has 0 aromatic heterocycles. The highest BCUT2D eigenvalue weighted by atomic mass is 16.7. The fourth-order valence-electron chi connectivity index (χ4n) is 3.51. The smallest absolute Gasteiger partial charge is 0.248 e. The molecule has 5 unspecified atom stereocenters. The zero-order chi connectivity index (χ0) is 22.0. The van der Waals surface area contributed by atoms with Gasteiger partial charge >= 0.3 is 0 Å². The number of amides is 1. The maximum atomic E-state index is 12.4. The number of rotatable bonds is 13. The molecule has 0 bridgehead atoms. The van der Waals surface area contributed by atoms with Crippen molar-refractivity contribution in [1.29, 1.82) is 0 Å². The molecular formula is C23H39NO5. The molecule has 0 aliphatic carbocycles. The molecule has 0 saturated heterocycles. The number of hydrogen-bond acceptors (Lipinski definition) is 5. The molecule has 5 atom stereocenters. The minimum absolute atomic E-state index is 0.000548. The highest BCUT2D eigenvalue weighted by Crippen LogP contribution is 2.31. The summed E-state index contributed by atoms with van der Waals surface area (Å²) in [4.78, 5) is 17.5. The van der Waals surface area contributed by atoms with E-state index in [9.17, 15) is 4.79 Å². The SMILES string of the molecule is COCC(CC(C)C(C)C(C)C(C)C(=O)N(C)OC)OCc1ccc(OC)cc1. The normalized spacial score (nSPS) is 16.6. The Morgan fingerprint density at radius 1 is 1.00 bits per heavy atom. The number of carbonyl (C=O) groups is 1. The van der Waals surface area contributed by atoms with Gasteiger partial charge in [0.2, 0.25) is 5.91 Å². The average Bonchev–Trinajstić information content (AvgIpc) is 2.75. The summed E-state index contributed by atoms with van der Waals surface area (Å²) in [5, 5.41) is 1.31. The Labute approximate surface area is 176 Å². The number of ether oxygens (including phenoxy) is 3.